The number of rotatable bonds is 3. The quantitative estimate of drug-likeness (QED) is 0.906. The molecule has 2 rings (SSSR count). The van der Waals surface area contributed by atoms with E-state index in [0.717, 1.165) is 4.47 Å². The Morgan fingerprint density at radius 2 is 2.24 bits per heavy atom. The van der Waals surface area contributed by atoms with Crippen LogP contribution < -0.4 is 10.6 Å². The van der Waals surface area contributed by atoms with Gasteiger partial charge in [-0.05, 0) is 28.1 Å². The molecule has 0 aliphatic heterocycles. The minimum atomic E-state index is -0.321. The molecule has 0 aliphatic rings. The van der Waals surface area contributed by atoms with Gasteiger partial charge >= 0.3 is 0 Å². The molecule has 2 N–H and O–H groups in total. The maximum atomic E-state index is 11.7. The van der Waals surface area contributed by atoms with E-state index in [-0.39, 0.29) is 5.91 Å². The Kier molecular flexibility index (Phi) is 3.64. The lowest BCUT2D eigenvalue weighted by molar-refractivity contribution is 0.102. The number of carbonyl (C=O) groups is 1. The van der Waals surface area contributed by atoms with Crippen molar-refractivity contribution in [3.63, 3.8) is 0 Å². The molecule has 0 atom stereocenters. The lowest BCUT2D eigenvalue weighted by Crippen LogP contribution is -2.12. The Morgan fingerprint density at radius 3 is 2.82 bits per heavy atom. The average Bonchev–Trinajstić information content (AvgIpc) is 2.81. The van der Waals surface area contributed by atoms with Gasteiger partial charge in [-0.25, -0.2) is 4.98 Å². The fourth-order valence-electron chi connectivity index (χ4n) is 1.04. The molecular weight excluding hydrogens is 306 g/mol. The summed E-state index contributed by atoms with van der Waals surface area (Å²) in [6.45, 7) is 0. The summed E-state index contributed by atoms with van der Waals surface area (Å²) in [5, 5.41) is 13.9. The van der Waals surface area contributed by atoms with Gasteiger partial charge in [0.05, 0.1) is 0 Å². The maximum Gasteiger partial charge on any atom is 0.287 e. The number of hydrogen-bond donors (Lipinski definition) is 2. The van der Waals surface area contributed by atoms with Crippen molar-refractivity contribution in [1.29, 1.82) is 0 Å². The van der Waals surface area contributed by atoms with Crippen molar-refractivity contribution in [3.8, 4) is 0 Å². The van der Waals surface area contributed by atoms with Gasteiger partial charge in [0, 0.05) is 17.7 Å². The Bertz CT molecular complexity index is 526. The minimum Gasteiger partial charge on any atom is -0.363 e. The molecule has 0 aliphatic carbocycles. The third-order valence-corrected chi connectivity index (χ3v) is 3.21. The largest absolute Gasteiger partial charge is 0.363 e. The Balaban J connectivity index is 2.08. The standard InChI is InChI=1S/C9H8BrN5OS/c1-11-9-15-14-8(17-9)7(16)13-6-3-2-5(10)4-12-6/h2-4H,1H3,(H,11,15)(H,12,13,16). The summed E-state index contributed by atoms with van der Waals surface area (Å²) in [4.78, 5) is 15.8. The van der Waals surface area contributed by atoms with Gasteiger partial charge in [-0.15, -0.1) is 10.2 Å². The normalized spacial score (nSPS) is 10.0. The fourth-order valence-corrected chi connectivity index (χ4v) is 1.86. The van der Waals surface area contributed by atoms with E-state index >= 15 is 0 Å². The van der Waals surface area contributed by atoms with E-state index in [4.69, 9.17) is 0 Å². The number of anilines is 2. The summed E-state index contributed by atoms with van der Waals surface area (Å²) < 4.78 is 0.851. The number of nitrogens with one attached hydrogen (secondary N) is 2. The summed E-state index contributed by atoms with van der Waals surface area (Å²) in [5.41, 5.74) is 0. The maximum absolute atomic E-state index is 11.7. The molecule has 0 saturated carbocycles. The number of carbonyl (C=O) groups excluding carboxylic acids is 1. The molecule has 6 nitrogen and oxygen atoms in total. The lowest BCUT2D eigenvalue weighted by Gasteiger charge is -2.00. The van der Waals surface area contributed by atoms with Crippen LogP contribution in [0, 0.1) is 0 Å². The summed E-state index contributed by atoms with van der Waals surface area (Å²) in [5.74, 6) is 0.151. The zero-order valence-electron chi connectivity index (χ0n) is 8.77. The Hall–Kier alpha value is -1.54. The zero-order chi connectivity index (χ0) is 12.3. The van der Waals surface area contributed by atoms with Gasteiger partial charge in [0.15, 0.2) is 0 Å². The van der Waals surface area contributed by atoms with Crippen molar-refractivity contribution in [2.24, 2.45) is 0 Å². The van der Waals surface area contributed by atoms with E-state index in [2.05, 4.69) is 41.7 Å². The van der Waals surface area contributed by atoms with Gasteiger partial charge in [-0.1, -0.05) is 11.3 Å². The van der Waals surface area contributed by atoms with Crippen LogP contribution in [0.15, 0.2) is 22.8 Å². The smallest absolute Gasteiger partial charge is 0.287 e. The number of aromatic nitrogens is 3. The molecule has 88 valence electrons. The van der Waals surface area contributed by atoms with Crippen LogP contribution in [0.4, 0.5) is 10.9 Å². The van der Waals surface area contributed by atoms with Crippen LogP contribution in [0.25, 0.3) is 0 Å². The van der Waals surface area contributed by atoms with Crippen molar-refractivity contribution in [2.45, 2.75) is 0 Å². The monoisotopic (exact) mass is 313 g/mol. The highest BCUT2D eigenvalue weighted by Crippen LogP contribution is 2.16. The Labute approximate surface area is 110 Å². The first-order chi connectivity index (χ1) is 8.19. The van der Waals surface area contributed by atoms with Crippen molar-refractivity contribution < 1.29 is 4.79 Å². The molecule has 2 aromatic rings. The van der Waals surface area contributed by atoms with Crippen LogP contribution in [0.3, 0.4) is 0 Å². The highest BCUT2D eigenvalue weighted by atomic mass is 79.9. The Morgan fingerprint density at radius 1 is 1.41 bits per heavy atom. The highest BCUT2D eigenvalue weighted by Gasteiger charge is 2.12. The van der Waals surface area contributed by atoms with E-state index < -0.39 is 0 Å². The lowest BCUT2D eigenvalue weighted by atomic mass is 10.4. The minimum absolute atomic E-state index is 0.291. The van der Waals surface area contributed by atoms with E-state index in [9.17, 15) is 4.79 Å². The number of pyridine rings is 1. The van der Waals surface area contributed by atoms with E-state index in [1.807, 2.05) is 0 Å². The molecule has 8 heteroatoms. The van der Waals surface area contributed by atoms with Gasteiger partial charge in [0.2, 0.25) is 10.1 Å². The average molecular weight is 314 g/mol. The first kappa shape index (κ1) is 11.9. The number of amides is 1. The SMILES string of the molecule is CNc1nnc(C(=O)Nc2ccc(Br)cn2)s1. The second-order valence-electron chi connectivity index (χ2n) is 2.98. The van der Waals surface area contributed by atoms with Crippen molar-refractivity contribution in [3.05, 3.63) is 27.8 Å². The molecular formula is C9H8BrN5OS. The summed E-state index contributed by atoms with van der Waals surface area (Å²) in [7, 11) is 1.72. The van der Waals surface area contributed by atoms with E-state index in [1.54, 1.807) is 25.4 Å². The van der Waals surface area contributed by atoms with Crippen molar-refractivity contribution >= 4 is 44.1 Å². The summed E-state index contributed by atoms with van der Waals surface area (Å²) in [6.07, 6.45) is 1.61. The molecule has 0 bridgehead atoms. The van der Waals surface area contributed by atoms with Crippen LogP contribution in [-0.4, -0.2) is 28.1 Å². The van der Waals surface area contributed by atoms with Crippen LogP contribution >= 0.6 is 27.3 Å². The predicted molar refractivity (Wildman–Crippen MR) is 69.3 cm³/mol. The van der Waals surface area contributed by atoms with E-state index in [0.29, 0.717) is 16.0 Å². The van der Waals surface area contributed by atoms with Crippen LogP contribution in [-0.2, 0) is 0 Å². The highest BCUT2D eigenvalue weighted by molar-refractivity contribution is 9.10. The summed E-state index contributed by atoms with van der Waals surface area (Å²) in [6, 6.07) is 3.49. The van der Waals surface area contributed by atoms with E-state index in [1.165, 1.54) is 11.3 Å². The van der Waals surface area contributed by atoms with Gasteiger partial charge < -0.3 is 10.6 Å². The second kappa shape index (κ2) is 5.19. The van der Waals surface area contributed by atoms with Crippen LogP contribution in [0.5, 0.6) is 0 Å². The molecule has 0 unspecified atom stereocenters. The molecule has 17 heavy (non-hydrogen) atoms. The molecule has 0 fully saturated rings. The summed E-state index contributed by atoms with van der Waals surface area (Å²) >= 11 is 4.45. The van der Waals surface area contributed by atoms with Gasteiger partial charge in [-0.2, -0.15) is 0 Å². The second-order valence-corrected chi connectivity index (χ2v) is 4.87. The molecule has 0 spiro atoms. The van der Waals surface area contributed by atoms with Gasteiger partial charge in [0.25, 0.3) is 5.91 Å². The molecule has 0 saturated heterocycles. The third kappa shape index (κ3) is 2.98. The first-order valence-electron chi connectivity index (χ1n) is 4.63. The number of hydrogen-bond acceptors (Lipinski definition) is 6. The van der Waals surface area contributed by atoms with Crippen molar-refractivity contribution in [2.75, 3.05) is 17.7 Å². The predicted octanol–water partition coefficient (Wildman–Crippen LogP) is 1.99. The zero-order valence-corrected chi connectivity index (χ0v) is 11.2. The fraction of sp³-hybridized carbons (Fsp3) is 0.111. The number of halogens is 1. The molecule has 2 aromatic heterocycles. The third-order valence-electron chi connectivity index (χ3n) is 1.80. The topological polar surface area (TPSA) is 79.8 Å². The van der Waals surface area contributed by atoms with Crippen LogP contribution in [0.2, 0.25) is 0 Å². The molecule has 0 aromatic carbocycles. The molecule has 2 heterocycles. The van der Waals surface area contributed by atoms with Crippen molar-refractivity contribution in [1.82, 2.24) is 15.2 Å². The van der Waals surface area contributed by atoms with Crippen LogP contribution in [0.1, 0.15) is 9.80 Å². The molecule has 1 amide bonds. The number of nitrogens with zero attached hydrogens (tertiary/aromatic N) is 3. The van der Waals surface area contributed by atoms with Gasteiger partial charge in [-0.3, -0.25) is 4.79 Å². The molecule has 0 radical (unpaired) electrons. The van der Waals surface area contributed by atoms with Gasteiger partial charge in [0.1, 0.15) is 5.82 Å². The first-order valence-corrected chi connectivity index (χ1v) is 6.24.